The molecule has 0 spiro atoms. The number of benzene rings is 6. The van der Waals surface area contributed by atoms with E-state index >= 15 is 0 Å². The minimum atomic E-state index is -0.224. The molecule has 0 amide bonds. The van der Waals surface area contributed by atoms with Crippen LogP contribution in [-0.4, -0.2) is 4.98 Å². The van der Waals surface area contributed by atoms with Crippen molar-refractivity contribution in [1.29, 1.82) is 5.26 Å². The van der Waals surface area contributed by atoms with Crippen LogP contribution in [-0.2, 0) is 0 Å². The molecule has 7 aromatic rings. The Hall–Kier alpha value is -5.11. The third kappa shape index (κ3) is 4.53. The average Bonchev–Trinajstić information content (AvgIpc) is 3.45. The monoisotopic (exact) mass is 532 g/mol. The predicted molar refractivity (Wildman–Crippen MR) is 164 cm³/mol. The van der Waals surface area contributed by atoms with Crippen molar-refractivity contribution in [3.63, 3.8) is 0 Å². The van der Waals surface area contributed by atoms with Crippen molar-refractivity contribution >= 4 is 32.3 Å². The number of hydrogen-bond acceptors (Lipinski definition) is 3. The summed E-state index contributed by atoms with van der Waals surface area (Å²) >= 11 is 1.61. The van der Waals surface area contributed by atoms with Gasteiger partial charge in [-0.3, -0.25) is 0 Å². The summed E-state index contributed by atoms with van der Waals surface area (Å²) in [6.07, 6.45) is 0. The lowest BCUT2D eigenvalue weighted by Crippen LogP contribution is -1.83. The van der Waals surface area contributed by atoms with Crippen LogP contribution in [0, 0.1) is 17.1 Å². The highest BCUT2D eigenvalue weighted by molar-refractivity contribution is 7.21. The van der Waals surface area contributed by atoms with Gasteiger partial charge in [-0.25, -0.2) is 9.37 Å². The summed E-state index contributed by atoms with van der Waals surface area (Å²) in [5.74, 6) is -0.224. The minimum absolute atomic E-state index is 0.224. The summed E-state index contributed by atoms with van der Waals surface area (Å²) in [5, 5.41) is 12.5. The highest BCUT2D eigenvalue weighted by Gasteiger charge is 2.09. The molecule has 1 aromatic heterocycles. The molecule has 2 nitrogen and oxygen atoms in total. The number of thiazole rings is 1. The molecule has 0 aliphatic rings. The molecule has 6 aromatic carbocycles. The van der Waals surface area contributed by atoms with Gasteiger partial charge in [0.15, 0.2) is 0 Å². The number of nitriles is 1. The molecule has 0 saturated heterocycles. The molecule has 0 N–H and O–H groups in total. The number of nitrogens with zero attached hydrogens (tertiary/aromatic N) is 2. The standard InChI is InChI=1S/C36H21FN2S/c37-33-16-14-25(15-17-33)24-2-4-26(5-3-24)29-10-12-32-21-30(11-13-31(32)20-29)27-6-8-28(9-7-27)36-39-34-18-1-23(22-38)19-35(34)40-36/h1-21H. The summed E-state index contributed by atoms with van der Waals surface area (Å²) in [5.41, 5.74) is 9.33. The van der Waals surface area contributed by atoms with Crippen LogP contribution in [0.25, 0.3) is 64.9 Å². The van der Waals surface area contributed by atoms with Crippen LogP contribution in [0.4, 0.5) is 4.39 Å². The van der Waals surface area contributed by atoms with E-state index in [0.29, 0.717) is 5.56 Å². The van der Waals surface area contributed by atoms with Crippen LogP contribution >= 0.6 is 11.3 Å². The van der Waals surface area contributed by atoms with Crippen molar-refractivity contribution in [2.24, 2.45) is 0 Å². The molecule has 1 heterocycles. The van der Waals surface area contributed by atoms with Crippen LogP contribution < -0.4 is 0 Å². The van der Waals surface area contributed by atoms with Crippen LogP contribution in [0.15, 0.2) is 127 Å². The van der Waals surface area contributed by atoms with Gasteiger partial charge < -0.3 is 0 Å². The molecule has 0 aliphatic heterocycles. The molecule has 0 bridgehead atoms. The average molecular weight is 533 g/mol. The molecule has 40 heavy (non-hydrogen) atoms. The summed E-state index contributed by atoms with van der Waals surface area (Å²) in [7, 11) is 0. The molecule has 4 heteroatoms. The van der Waals surface area contributed by atoms with Gasteiger partial charge in [0, 0.05) is 5.56 Å². The van der Waals surface area contributed by atoms with Gasteiger partial charge in [-0.05, 0) is 86.6 Å². The summed E-state index contributed by atoms with van der Waals surface area (Å²) in [4.78, 5) is 4.75. The van der Waals surface area contributed by atoms with Crippen molar-refractivity contribution in [2.45, 2.75) is 0 Å². The lowest BCUT2D eigenvalue weighted by Gasteiger charge is -2.09. The Labute approximate surface area is 235 Å². The zero-order valence-corrected chi connectivity index (χ0v) is 22.1. The Morgan fingerprint density at radius 3 is 1.55 bits per heavy atom. The lowest BCUT2D eigenvalue weighted by molar-refractivity contribution is 0.628. The van der Waals surface area contributed by atoms with Gasteiger partial charge in [0.05, 0.1) is 21.8 Å². The van der Waals surface area contributed by atoms with E-state index in [-0.39, 0.29) is 5.82 Å². The fraction of sp³-hybridized carbons (Fsp3) is 0. The zero-order valence-electron chi connectivity index (χ0n) is 21.3. The van der Waals surface area contributed by atoms with E-state index in [4.69, 9.17) is 10.2 Å². The first kappa shape index (κ1) is 24.0. The molecule has 0 fully saturated rings. The second-order valence-corrected chi connectivity index (χ2v) is 10.8. The third-order valence-electron chi connectivity index (χ3n) is 7.22. The summed E-state index contributed by atoms with van der Waals surface area (Å²) < 4.78 is 14.3. The Kier molecular flexibility index (Phi) is 5.92. The lowest BCUT2D eigenvalue weighted by atomic mass is 9.96. The third-order valence-corrected chi connectivity index (χ3v) is 8.29. The first-order chi connectivity index (χ1) is 19.6. The topological polar surface area (TPSA) is 36.7 Å². The van der Waals surface area contributed by atoms with Crippen LogP contribution in [0.3, 0.4) is 0 Å². The molecule has 0 atom stereocenters. The van der Waals surface area contributed by atoms with Gasteiger partial charge in [0.1, 0.15) is 10.8 Å². The molecular formula is C36H21FN2S. The van der Waals surface area contributed by atoms with Crippen molar-refractivity contribution in [3.05, 3.63) is 139 Å². The van der Waals surface area contributed by atoms with E-state index in [9.17, 15) is 4.39 Å². The van der Waals surface area contributed by atoms with E-state index in [1.165, 1.54) is 28.5 Å². The van der Waals surface area contributed by atoms with E-state index in [1.54, 1.807) is 23.5 Å². The number of fused-ring (bicyclic) bond motifs is 2. The summed E-state index contributed by atoms with van der Waals surface area (Å²) in [6.45, 7) is 0. The number of aromatic nitrogens is 1. The van der Waals surface area contributed by atoms with E-state index in [0.717, 1.165) is 48.6 Å². The fourth-order valence-electron chi connectivity index (χ4n) is 5.03. The molecule has 0 aliphatic carbocycles. The zero-order chi connectivity index (χ0) is 27.1. The van der Waals surface area contributed by atoms with Gasteiger partial charge in [-0.15, -0.1) is 11.3 Å². The second-order valence-electron chi connectivity index (χ2n) is 9.75. The quantitative estimate of drug-likeness (QED) is 0.226. The molecule has 7 rings (SSSR count). The van der Waals surface area contributed by atoms with Crippen molar-refractivity contribution in [2.75, 3.05) is 0 Å². The molecular weight excluding hydrogens is 511 g/mol. The first-order valence-electron chi connectivity index (χ1n) is 12.9. The maximum Gasteiger partial charge on any atom is 0.124 e. The Balaban J connectivity index is 1.13. The van der Waals surface area contributed by atoms with Crippen molar-refractivity contribution in [3.8, 4) is 50.0 Å². The van der Waals surface area contributed by atoms with Crippen LogP contribution in [0.1, 0.15) is 5.56 Å². The molecule has 188 valence electrons. The van der Waals surface area contributed by atoms with Gasteiger partial charge in [0.25, 0.3) is 0 Å². The minimum Gasteiger partial charge on any atom is -0.236 e. The second kappa shape index (κ2) is 9.89. The van der Waals surface area contributed by atoms with Crippen molar-refractivity contribution < 1.29 is 4.39 Å². The van der Waals surface area contributed by atoms with Crippen molar-refractivity contribution in [1.82, 2.24) is 4.98 Å². The maximum absolute atomic E-state index is 13.3. The highest BCUT2D eigenvalue weighted by Crippen LogP contribution is 2.34. The largest absolute Gasteiger partial charge is 0.236 e. The van der Waals surface area contributed by atoms with Gasteiger partial charge in [0.2, 0.25) is 0 Å². The van der Waals surface area contributed by atoms with E-state index in [2.05, 4.69) is 91.0 Å². The summed E-state index contributed by atoms with van der Waals surface area (Å²) in [6, 6.07) is 44.4. The van der Waals surface area contributed by atoms with Crippen LogP contribution in [0.2, 0.25) is 0 Å². The Morgan fingerprint density at radius 2 is 1.00 bits per heavy atom. The number of rotatable bonds is 4. The smallest absolute Gasteiger partial charge is 0.124 e. The Bertz CT molecular complexity index is 2050. The molecule has 0 saturated carbocycles. The van der Waals surface area contributed by atoms with Crippen LogP contribution in [0.5, 0.6) is 0 Å². The maximum atomic E-state index is 13.3. The highest BCUT2D eigenvalue weighted by atomic mass is 32.1. The fourth-order valence-corrected chi connectivity index (χ4v) is 6.04. The number of halogens is 1. The van der Waals surface area contributed by atoms with E-state index < -0.39 is 0 Å². The molecule has 0 unspecified atom stereocenters. The van der Waals surface area contributed by atoms with Gasteiger partial charge in [-0.2, -0.15) is 5.26 Å². The normalized spacial score (nSPS) is 11.1. The van der Waals surface area contributed by atoms with Gasteiger partial charge >= 0.3 is 0 Å². The Morgan fingerprint density at radius 1 is 0.525 bits per heavy atom. The first-order valence-corrected chi connectivity index (χ1v) is 13.8. The van der Waals surface area contributed by atoms with E-state index in [1.807, 2.05) is 18.2 Å². The predicted octanol–water partition coefficient (Wildman–Crippen LogP) is 10.1. The SMILES string of the molecule is N#Cc1ccc2nc(-c3ccc(-c4ccc5cc(-c6ccc(-c7ccc(F)cc7)cc6)ccc5c4)cc3)sc2c1. The number of hydrogen-bond donors (Lipinski definition) is 0. The van der Waals surface area contributed by atoms with Gasteiger partial charge in [-0.1, -0.05) is 84.9 Å². The molecule has 0 radical (unpaired) electrons.